The van der Waals surface area contributed by atoms with Gasteiger partial charge in [0.25, 0.3) is 0 Å². The Morgan fingerprint density at radius 2 is 1.14 bits per heavy atom. The summed E-state index contributed by atoms with van der Waals surface area (Å²) >= 11 is 6.42. The van der Waals surface area contributed by atoms with Crippen LogP contribution in [0.4, 0.5) is 11.9 Å². The molecule has 2 fully saturated rings. The first-order valence-corrected chi connectivity index (χ1v) is 10.7. The van der Waals surface area contributed by atoms with Gasteiger partial charge in [-0.3, -0.25) is 0 Å². The quantitative estimate of drug-likeness (QED) is 0.771. The highest BCUT2D eigenvalue weighted by Crippen LogP contribution is 2.44. The van der Waals surface area contributed by atoms with E-state index in [1.165, 1.54) is 6.42 Å². The summed E-state index contributed by atoms with van der Waals surface area (Å²) in [6.45, 7) is 17.5. The van der Waals surface area contributed by atoms with Gasteiger partial charge in [-0.05, 0) is 99.1 Å². The van der Waals surface area contributed by atoms with Gasteiger partial charge in [-0.15, -0.1) is 0 Å². The van der Waals surface area contributed by atoms with E-state index < -0.39 is 0 Å². The van der Waals surface area contributed by atoms with Crippen LogP contribution in [0.15, 0.2) is 0 Å². The van der Waals surface area contributed by atoms with Crippen molar-refractivity contribution in [2.75, 3.05) is 9.80 Å². The van der Waals surface area contributed by atoms with Gasteiger partial charge in [0.2, 0.25) is 17.2 Å². The molecule has 2 aliphatic heterocycles. The average Bonchev–Trinajstić information content (AvgIpc) is 2.40. The van der Waals surface area contributed by atoms with Crippen LogP contribution in [0, 0.1) is 0 Å². The molecule has 8 heteroatoms. The minimum atomic E-state index is -0.335. The molecule has 0 atom stereocenters. The molecule has 0 unspecified atom stereocenters. The Hall–Kier alpha value is -1.18. The van der Waals surface area contributed by atoms with E-state index in [1.807, 2.05) is 0 Å². The molecular weight excluding hydrogens is 390 g/mol. The molecule has 3 heterocycles. The maximum absolute atomic E-state index is 10.4. The number of aliphatic hydroxyl groups excluding tert-OH is 1. The number of rotatable bonds is 2. The summed E-state index contributed by atoms with van der Waals surface area (Å²) in [6, 6.07) is 0. The maximum atomic E-state index is 10.4. The fourth-order valence-corrected chi connectivity index (χ4v) is 5.99. The molecule has 0 amide bonds. The van der Waals surface area contributed by atoms with Crippen molar-refractivity contribution in [3.63, 3.8) is 0 Å². The summed E-state index contributed by atoms with van der Waals surface area (Å²) in [5.41, 5.74) is -0.717. The molecule has 29 heavy (non-hydrogen) atoms. The number of hydrogen-bond donors (Lipinski definition) is 1. The number of aromatic nitrogens is 3. The molecule has 166 valence electrons. The van der Waals surface area contributed by atoms with Crippen molar-refractivity contribution in [3.8, 4) is 0 Å². The Labute approximate surface area is 180 Å². The summed E-state index contributed by atoms with van der Waals surface area (Å²) in [5.74, 6) is 1.23. The third-order valence-corrected chi connectivity index (χ3v) is 6.62. The number of halogens is 1. The summed E-state index contributed by atoms with van der Waals surface area (Å²) in [7, 11) is 0. The molecule has 0 bridgehead atoms. The highest BCUT2D eigenvalue weighted by molar-refractivity contribution is 6.28. The zero-order chi connectivity index (χ0) is 21.1. The Morgan fingerprint density at radius 1 is 0.759 bits per heavy atom. The predicted molar refractivity (Wildman–Crippen MR) is 119 cm³/mol. The van der Waals surface area contributed by atoms with E-state index in [1.54, 1.807) is 0 Å². The molecule has 1 aromatic heterocycles. The zero-order valence-corrected chi connectivity index (χ0v) is 19.9. The van der Waals surface area contributed by atoms with Gasteiger partial charge >= 0.3 is 0 Å². The van der Waals surface area contributed by atoms with Gasteiger partial charge in [0.15, 0.2) is 0 Å². The highest BCUT2D eigenvalue weighted by Gasteiger charge is 2.48. The molecule has 0 spiro atoms. The van der Waals surface area contributed by atoms with Gasteiger partial charge in [0.05, 0.1) is 6.10 Å². The van der Waals surface area contributed by atoms with Crippen LogP contribution in [0.25, 0.3) is 0 Å². The molecule has 0 radical (unpaired) electrons. The van der Waals surface area contributed by atoms with Crippen molar-refractivity contribution in [3.05, 3.63) is 5.28 Å². The smallest absolute Gasteiger partial charge is 0.232 e. The standard InChI is InChI=1S/C21H36ClN5O.H2O/c1-18(2)10-9-11-19(3,4)26(18)16-23-15(22)24-17(25-16)27-20(5,6)12-14(28)13-21(27,7)8;/h14,28H,9-13H2,1-8H3;1H2. The summed E-state index contributed by atoms with van der Waals surface area (Å²) in [4.78, 5) is 18.6. The Bertz CT molecular complexity index is 717. The predicted octanol–water partition coefficient (Wildman–Crippen LogP) is 3.77. The van der Waals surface area contributed by atoms with Crippen LogP contribution in [-0.4, -0.2) is 53.8 Å². The lowest BCUT2D eigenvalue weighted by Crippen LogP contribution is -2.63. The summed E-state index contributed by atoms with van der Waals surface area (Å²) < 4.78 is 0. The van der Waals surface area contributed by atoms with E-state index in [0.29, 0.717) is 24.7 Å². The molecule has 0 aliphatic carbocycles. The van der Waals surface area contributed by atoms with Gasteiger partial charge in [-0.25, -0.2) is 0 Å². The lowest BCUT2D eigenvalue weighted by atomic mass is 9.78. The van der Waals surface area contributed by atoms with E-state index in [9.17, 15) is 5.11 Å². The fourth-order valence-electron chi connectivity index (χ4n) is 5.84. The van der Waals surface area contributed by atoms with Crippen molar-refractivity contribution in [2.45, 2.75) is 116 Å². The number of nitrogens with zero attached hydrogens (tertiary/aromatic N) is 5. The van der Waals surface area contributed by atoms with Crippen molar-refractivity contribution in [1.29, 1.82) is 0 Å². The minimum absolute atomic E-state index is 0. The van der Waals surface area contributed by atoms with E-state index in [0.717, 1.165) is 12.8 Å². The van der Waals surface area contributed by atoms with E-state index in [-0.39, 0.29) is 39.0 Å². The maximum Gasteiger partial charge on any atom is 0.232 e. The van der Waals surface area contributed by atoms with Crippen molar-refractivity contribution >= 4 is 23.5 Å². The molecule has 2 saturated heterocycles. The van der Waals surface area contributed by atoms with Crippen LogP contribution in [-0.2, 0) is 0 Å². The van der Waals surface area contributed by atoms with Gasteiger partial charge < -0.3 is 20.4 Å². The van der Waals surface area contributed by atoms with Crippen molar-refractivity contribution < 1.29 is 10.6 Å². The van der Waals surface area contributed by atoms with Crippen LogP contribution in [0.2, 0.25) is 5.28 Å². The number of anilines is 2. The van der Waals surface area contributed by atoms with E-state index in [4.69, 9.17) is 16.6 Å². The van der Waals surface area contributed by atoms with Gasteiger partial charge in [-0.1, -0.05) is 0 Å². The van der Waals surface area contributed by atoms with Crippen LogP contribution in [0.1, 0.15) is 87.5 Å². The largest absolute Gasteiger partial charge is 0.412 e. The number of aliphatic hydroxyl groups is 1. The minimum Gasteiger partial charge on any atom is -0.412 e. The molecule has 7 nitrogen and oxygen atoms in total. The van der Waals surface area contributed by atoms with Crippen LogP contribution in [0.3, 0.4) is 0 Å². The number of hydrogen-bond acceptors (Lipinski definition) is 6. The van der Waals surface area contributed by atoms with E-state index >= 15 is 0 Å². The van der Waals surface area contributed by atoms with Crippen molar-refractivity contribution in [1.82, 2.24) is 15.0 Å². The lowest BCUT2D eigenvalue weighted by Gasteiger charge is -2.55. The number of piperidine rings is 2. The third kappa shape index (κ3) is 4.47. The van der Waals surface area contributed by atoms with Gasteiger partial charge in [0.1, 0.15) is 0 Å². The molecule has 1 aromatic rings. The summed E-state index contributed by atoms with van der Waals surface area (Å²) in [5, 5.41) is 10.6. The fraction of sp³-hybridized carbons (Fsp3) is 0.857. The highest BCUT2D eigenvalue weighted by atomic mass is 35.5. The van der Waals surface area contributed by atoms with Crippen LogP contribution >= 0.6 is 11.6 Å². The van der Waals surface area contributed by atoms with E-state index in [2.05, 4.69) is 75.2 Å². The van der Waals surface area contributed by atoms with Crippen molar-refractivity contribution in [2.24, 2.45) is 0 Å². The second kappa shape index (κ2) is 7.50. The topological polar surface area (TPSA) is 96.9 Å². The normalized spacial score (nSPS) is 25.4. The Morgan fingerprint density at radius 3 is 1.55 bits per heavy atom. The monoisotopic (exact) mass is 427 g/mol. The third-order valence-electron chi connectivity index (χ3n) is 6.45. The first-order chi connectivity index (χ1) is 12.7. The average molecular weight is 428 g/mol. The SMILES string of the molecule is CC1(C)CCCC(C)(C)N1c1nc(Cl)nc(N2C(C)(C)CC(O)CC2(C)C)n1.O. The zero-order valence-electron chi connectivity index (χ0n) is 19.2. The van der Waals surface area contributed by atoms with Crippen LogP contribution in [0.5, 0.6) is 0 Å². The van der Waals surface area contributed by atoms with Crippen LogP contribution < -0.4 is 9.80 Å². The first kappa shape index (κ1) is 24.1. The molecule has 0 aromatic carbocycles. The molecule has 0 saturated carbocycles. The molecule has 3 N–H and O–H groups in total. The second-order valence-corrected chi connectivity index (χ2v) is 11.4. The molecule has 3 rings (SSSR count). The second-order valence-electron chi connectivity index (χ2n) is 11.0. The lowest BCUT2D eigenvalue weighted by molar-refractivity contribution is 0.0637. The van der Waals surface area contributed by atoms with Gasteiger partial charge in [-0.2, -0.15) is 15.0 Å². The molecular formula is C21H38ClN5O2. The first-order valence-electron chi connectivity index (χ1n) is 10.4. The van der Waals surface area contributed by atoms with Gasteiger partial charge in [0, 0.05) is 22.2 Å². The molecule has 2 aliphatic rings. The summed E-state index contributed by atoms with van der Waals surface area (Å²) in [6.07, 6.45) is 4.35. The Balaban J connectivity index is 0.00000300. The Kier molecular flexibility index (Phi) is 6.23.